The zero-order valence-electron chi connectivity index (χ0n) is 13.5. The van der Waals surface area contributed by atoms with Crippen LogP contribution in [0.5, 0.6) is 11.5 Å². The second-order valence-electron chi connectivity index (χ2n) is 5.58. The van der Waals surface area contributed by atoms with E-state index in [0.29, 0.717) is 12.3 Å². The molecule has 2 N–H and O–H groups in total. The number of benzene rings is 1. The first-order chi connectivity index (χ1) is 10.6. The van der Waals surface area contributed by atoms with Crippen LogP contribution in [0.4, 0.5) is 4.79 Å². The van der Waals surface area contributed by atoms with E-state index in [1.165, 1.54) is 0 Å². The van der Waals surface area contributed by atoms with Crippen molar-refractivity contribution < 1.29 is 14.3 Å². The molecule has 1 saturated heterocycles. The number of carbonyl (C=O) groups excluding carboxylic acids is 1. The second kappa shape index (κ2) is 7.89. The molecule has 0 bridgehead atoms. The fourth-order valence-corrected chi connectivity index (χ4v) is 2.56. The smallest absolute Gasteiger partial charge is 0.315 e. The third kappa shape index (κ3) is 4.53. The van der Waals surface area contributed by atoms with Crippen LogP contribution in [0.3, 0.4) is 0 Å². The van der Waals surface area contributed by atoms with E-state index in [4.69, 9.17) is 9.47 Å². The topological polar surface area (TPSA) is 62.8 Å². The summed E-state index contributed by atoms with van der Waals surface area (Å²) in [7, 11) is 5.32. The first kappa shape index (κ1) is 16.4. The van der Waals surface area contributed by atoms with E-state index in [-0.39, 0.29) is 12.1 Å². The van der Waals surface area contributed by atoms with Gasteiger partial charge >= 0.3 is 6.03 Å². The molecule has 1 aliphatic rings. The minimum absolute atomic E-state index is 0.132. The maximum Gasteiger partial charge on any atom is 0.315 e. The molecular formula is C16H25N3O3. The van der Waals surface area contributed by atoms with E-state index >= 15 is 0 Å². The zero-order valence-corrected chi connectivity index (χ0v) is 13.5. The van der Waals surface area contributed by atoms with E-state index in [9.17, 15) is 4.79 Å². The zero-order chi connectivity index (χ0) is 15.9. The summed E-state index contributed by atoms with van der Waals surface area (Å²) in [5.41, 5.74) is 0.918. The molecule has 1 heterocycles. The summed E-state index contributed by atoms with van der Waals surface area (Å²) in [6.07, 6.45) is 1.99. The van der Waals surface area contributed by atoms with Crippen molar-refractivity contribution in [3.8, 4) is 11.5 Å². The molecule has 0 spiro atoms. The molecule has 0 unspecified atom stereocenters. The van der Waals surface area contributed by atoms with Gasteiger partial charge in [-0.1, -0.05) is 0 Å². The Balaban J connectivity index is 1.83. The van der Waals surface area contributed by atoms with Crippen molar-refractivity contribution in [3.05, 3.63) is 23.8 Å². The molecule has 0 atom stereocenters. The van der Waals surface area contributed by atoms with Gasteiger partial charge in [0.2, 0.25) is 0 Å². The summed E-state index contributed by atoms with van der Waals surface area (Å²) in [5.74, 6) is 1.44. The SMILES string of the molecule is COc1ccc(CNC(=O)NC2CCN(C)CC2)c(OC)c1. The Morgan fingerprint density at radius 3 is 2.64 bits per heavy atom. The lowest BCUT2D eigenvalue weighted by molar-refractivity contribution is 0.213. The maximum atomic E-state index is 12.0. The molecule has 6 nitrogen and oxygen atoms in total. The predicted molar refractivity (Wildman–Crippen MR) is 85.4 cm³/mol. The second-order valence-corrected chi connectivity index (χ2v) is 5.58. The Labute approximate surface area is 131 Å². The van der Waals surface area contributed by atoms with Gasteiger partial charge in [-0.2, -0.15) is 0 Å². The van der Waals surface area contributed by atoms with Crippen LogP contribution in [0.1, 0.15) is 18.4 Å². The van der Waals surface area contributed by atoms with Crippen molar-refractivity contribution in [1.29, 1.82) is 0 Å². The standard InChI is InChI=1S/C16H25N3O3/c1-19-8-6-13(7-9-19)18-16(20)17-11-12-4-5-14(21-2)10-15(12)22-3/h4-5,10,13H,6-9,11H2,1-3H3,(H2,17,18,20). The van der Waals surface area contributed by atoms with Crippen LogP contribution in [0.25, 0.3) is 0 Å². The number of ether oxygens (including phenoxy) is 2. The van der Waals surface area contributed by atoms with Crippen LogP contribution in [0.15, 0.2) is 18.2 Å². The average Bonchev–Trinajstić information content (AvgIpc) is 2.55. The predicted octanol–water partition coefficient (Wildman–Crippen LogP) is 1.60. The molecular weight excluding hydrogens is 282 g/mol. The molecule has 0 saturated carbocycles. The van der Waals surface area contributed by atoms with E-state index in [1.54, 1.807) is 14.2 Å². The monoisotopic (exact) mass is 307 g/mol. The average molecular weight is 307 g/mol. The van der Waals surface area contributed by atoms with Gasteiger partial charge in [-0.3, -0.25) is 0 Å². The molecule has 1 aromatic carbocycles. The molecule has 22 heavy (non-hydrogen) atoms. The van der Waals surface area contributed by atoms with Gasteiger partial charge in [-0.15, -0.1) is 0 Å². The fraction of sp³-hybridized carbons (Fsp3) is 0.562. The number of hydrogen-bond donors (Lipinski definition) is 2. The van der Waals surface area contributed by atoms with Crippen molar-refractivity contribution >= 4 is 6.03 Å². The number of methoxy groups -OCH3 is 2. The lowest BCUT2D eigenvalue weighted by Crippen LogP contribution is -2.46. The molecule has 2 rings (SSSR count). The summed E-state index contributed by atoms with van der Waals surface area (Å²) in [5, 5.41) is 5.91. The van der Waals surface area contributed by atoms with Gasteiger partial charge in [0.25, 0.3) is 0 Å². The number of carbonyl (C=O) groups is 1. The first-order valence-electron chi connectivity index (χ1n) is 7.56. The van der Waals surface area contributed by atoms with Crippen molar-refractivity contribution in [2.75, 3.05) is 34.4 Å². The summed E-state index contributed by atoms with van der Waals surface area (Å²) >= 11 is 0. The van der Waals surface area contributed by atoms with Crippen molar-refractivity contribution in [1.82, 2.24) is 15.5 Å². The normalized spacial score (nSPS) is 16.1. The Kier molecular flexibility index (Phi) is 5.89. The lowest BCUT2D eigenvalue weighted by atomic mass is 10.1. The molecule has 122 valence electrons. The molecule has 0 aromatic heterocycles. The van der Waals surface area contributed by atoms with Crippen molar-refractivity contribution in [3.63, 3.8) is 0 Å². The lowest BCUT2D eigenvalue weighted by Gasteiger charge is -2.29. The third-order valence-electron chi connectivity index (χ3n) is 3.99. The van der Waals surface area contributed by atoms with Crippen LogP contribution in [0.2, 0.25) is 0 Å². The van der Waals surface area contributed by atoms with E-state index in [2.05, 4.69) is 22.6 Å². The van der Waals surface area contributed by atoms with Gasteiger partial charge < -0.3 is 25.0 Å². The fourth-order valence-electron chi connectivity index (χ4n) is 2.56. The molecule has 1 aromatic rings. The summed E-state index contributed by atoms with van der Waals surface area (Å²) in [6, 6.07) is 5.69. The van der Waals surface area contributed by atoms with Gasteiger partial charge in [0.05, 0.1) is 14.2 Å². The number of piperidine rings is 1. The summed E-state index contributed by atoms with van der Waals surface area (Å²) in [4.78, 5) is 14.3. The maximum absolute atomic E-state index is 12.0. The van der Waals surface area contributed by atoms with Gasteiger partial charge in [0.15, 0.2) is 0 Å². The third-order valence-corrected chi connectivity index (χ3v) is 3.99. The minimum atomic E-state index is -0.132. The number of nitrogens with zero attached hydrogens (tertiary/aromatic N) is 1. The van der Waals surface area contributed by atoms with E-state index < -0.39 is 0 Å². The van der Waals surface area contributed by atoms with Gasteiger partial charge in [0.1, 0.15) is 11.5 Å². The number of likely N-dealkylation sites (tertiary alicyclic amines) is 1. The number of hydrogen-bond acceptors (Lipinski definition) is 4. The highest BCUT2D eigenvalue weighted by atomic mass is 16.5. The first-order valence-corrected chi connectivity index (χ1v) is 7.56. The van der Waals surface area contributed by atoms with Crippen LogP contribution in [-0.4, -0.2) is 51.3 Å². The van der Waals surface area contributed by atoms with E-state index in [1.807, 2.05) is 18.2 Å². The summed E-state index contributed by atoms with van der Waals surface area (Å²) in [6.45, 7) is 2.47. The number of rotatable bonds is 5. The Morgan fingerprint density at radius 1 is 1.27 bits per heavy atom. The Bertz CT molecular complexity index is 499. The van der Waals surface area contributed by atoms with Crippen LogP contribution < -0.4 is 20.1 Å². The van der Waals surface area contributed by atoms with Crippen LogP contribution in [-0.2, 0) is 6.54 Å². The number of amides is 2. The molecule has 1 fully saturated rings. The quantitative estimate of drug-likeness (QED) is 0.867. The highest BCUT2D eigenvalue weighted by Crippen LogP contribution is 2.24. The Hall–Kier alpha value is -1.95. The molecule has 0 radical (unpaired) electrons. The Morgan fingerprint density at radius 2 is 2.00 bits per heavy atom. The molecule has 2 amide bonds. The van der Waals surface area contributed by atoms with Crippen LogP contribution >= 0.6 is 0 Å². The number of urea groups is 1. The molecule has 1 aliphatic heterocycles. The van der Waals surface area contributed by atoms with Gasteiger partial charge in [0, 0.05) is 24.2 Å². The van der Waals surface area contributed by atoms with Crippen LogP contribution in [0, 0.1) is 0 Å². The summed E-state index contributed by atoms with van der Waals surface area (Å²) < 4.78 is 10.5. The van der Waals surface area contributed by atoms with Crippen molar-refractivity contribution in [2.24, 2.45) is 0 Å². The number of nitrogens with one attached hydrogen (secondary N) is 2. The highest BCUT2D eigenvalue weighted by molar-refractivity contribution is 5.74. The largest absolute Gasteiger partial charge is 0.497 e. The van der Waals surface area contributed by atoms with Crippen molar-refractivity contribution in [2.45, 2.75) is 25.4 Å². The van der Waals surface area contributed by atoms with E-state index in [0.717, 1.165) is 37.2 Å². The molecule has 6 heteroatoms. The highest BCUT2D eigenvalue weighted by Gasteiger charge is 2.18. The van der Waals surface area contributed by atoms with Gasteiger partial charge in [-0.05, 0) is 45.1 Å². The minimum Gasteiger partial charge on any atom is -0.497 e. The van der Waals surface area contributed by atoms with Gasteiger partial charge in [-0.25, -0.2) is 4.79 Å². The molecule has 0 aliphatic carbocycles.